The second-order valence-corrected chi connectivity index (χ2v) is 6.32. The molecule has 0 saturated heterocycles. The van der Waals surface area contributed by atoms with Crippen molar-refractivity contribution in [2.45, 2.75) is 39.7 Å². The quantitative estimate of drug-likeness (QED) is 0.643. The Morgan fingerprint density at radius 2 is 1.90 bits per heavy atom. The van der Waals surface area contributed by atoms with Gasteiger partial charge >= 0.3 is 0 Å². The van der Waals surface area contributed by atoms with Crippen molar-refractivity contribution in [1.82, 2.24) is 15.2 Å². The van der Waals surface area contributed by atoms with Crippen LogP contribution in [-0.2, 0) is 19.9 Å². The molecule has 2 aromatic rings. The maximum atomic E-state index is 5.80. The number of halogens is 1. The molecule has 5 heteroatoms. The largest absolute Gasteiger partial charge is 0.271 e. The van der Waals surface area contributed by atoms with Gasteiger partial charge in [0.25, 0.3) is 0 Å². The highest BCUT2D eigenvalue weighted by Gasteiger charge is 2.18. The molecule has 0 aliphatic heterocycles. The lowest BCUT2D eigenvalue weighted by Gasteiger charge is -2.18. The highest BCUT2D eigenvalue weighted by atomic mass is 79.9. The van der Waals surface area contributed by atoms with Crippen LogP contribution in [0.2, 0.25) is 0 Å². The monoisotopic (exact) mass is 350 g/mol. The summed E-state index contributed by atoms with van der Waals surface area (Å²) in [6.45, 7) is 6.33. The molecule has 3 N–H and O–H groups in total. The topological polar surface area (TPSA) is 55.9 Å². The molecule has 0 spiro atoms. The number of aryl methyl sites for hydroxylation is 4. The van der Waals surface area contributed by atoms with Crippen LogP contribution in [0.4, 0.5) is 0 Å². The fourth-order valence-electron chi connectivity index (χ4n) is 2.72. The lowest BCUT2D eigenvalue weighted by Crippen LogP contribution is -2.30. The Bertz CT molecular complexity index is 613. The molecule has 1 unspecified atom stereocenters. The summed E-state index contributed by atoms with van der Waals surface area (Å²) in [6, 6.07) is 6.61. The molecular formula is C16H23BrN4. The van der Waals surface area contributed by atoms with E-state index in [0.29, 0.717) is 0 Å². The van der Waals surface area contributed by atoms with Gasteiger partial charge in [0.05, 0.1) is 21.9 Å². The van der Waals surface area contributed by atoms with Gasteiger partial charge in [-0.05, 0) is 41.8 Å². The van der Waals surface area contributed by atoms with Crippen molar-refractivity contribution < 1.29 is 0 Å². The number of hydrazine groups is 1. The molecule has 0 amide bonds. The Morgan fingerprint density at radius 3 is 2.38 bits per heavy atom. The number of nitrogens with two attached hydrogens (primary N) is 1. The molecule has 0 saturated carbocycles. The number of nitrogens with one attached hydrogen (secondary N) is 1. The second kappa shape index (κ2) is 6.73. The molecule has 21 heavy (non-hydrogen) atoms. The standard InChI is InChI=1S/C16H23BrN4/c1-5-13-16(17)15(21(4)20-13)9-14(19-18)12-7-10(2)6-11(3)8-12/h6-8,14,19H,5,9,18H2,1-4H3. The van der Waals surface area contributed by atoms with Crippen molar-refractivity contribution in [2.24, 2.45) is 12.9 Å². The van der Waals surface area contributed by atoms with E-state index in [1.54, 1.807) is 0 Å². The first kappa shape index (κ1) is 16.2. The summed E-state index contributed by atoms with van der Waals surface area (Å²) in [7, 11) is 1.98. The second-order valence-electron chi connectivity index (χ2n) is 5.53. The van der Waals surface area contributed by atoms with E-state index in [4.69, 9.17) is 5.84 Å². The van der Waals surface area contributed by atoms with E-state index in [0.717, 1.165) is 28.7 Å². The molecule has 1 aromatic carbocycles. The smallest absolute Gasteiger partial charge is 0.0766 e. The number of rotatable bonds is 5. The highest BCUT2D eigenvalue weighted by molar-refractivity contribution is 9.10. The average molecular weight is 351 g/mol. The summed E-state index contributed by atoms with van der Waals surface area (Å²) in [5.74, 6) is 5.80. The first-order valence-electron chi connectivity index (χ1n) is 7.20. The van der Waals surface area contributed by atoms with Gasteiger partial charge in [0, 0.05) is 13.5 Å². The first-order valence-corrected chi connectivity index (χ1v) is 8.00. The van der Waals surface area contributed by atoms with Crippen LogP contribution in [0.25, 0.3) is 0 Å². The van der Waals surface area contributed by atoms with Gasteiger partial charge in [-0.25, -0.2) is 0 Å². The number of benzene rings is 1. The molecule has 0 aliphatic carbocycles. The van der Waals surface area contributed by atoms with Crippen molar-refractivity contribution in [1.29, 1.82) is 0 Å². The summed E-state index contributed by atoms with van der Waals surface area (Å²) in [5.41, 5.74) is 8.90. The van der Waals surface area contributed by atoms with Crippen molar-refractivity contribution in [2.75, 3.05) is 0 Å². The minimum absolute atomic E-state index is 0.0695. The predicted molar refractivity (Wildman–Crippen MR) is 90.0 cm³/mol. The van der Waals surface area contributed by atoms with Crippen LogP contribution >= 0.6 is 15.9 Å². The molecule has 0 aliphatic rings. The van der Waals surface area contributed by atoms with Gasteiger partial charge in [-0.1, -0.05) is 36.2 Å². The third-order valence-corrected chi connectivity index (χ3v) is 4.66. The average Bonchev–Trinajstić information content (AvgIpc) is 2.70. The van der Waals surface area contributed by atoms with Crippen LogP contribution in [-0.4, -0.2) is 9.78 Å². The Kier molecular flexibility index (Phi) is 5.19. The maximum Gasteiger partial charge on any atom is 0.0766 e. The maximum absolute atomic E-state index is 5.80. The lowest BCUT2D eigenvalue weighted by molar-refractivity contribution is 0.528. The first-order chi connectivity index (χ1) is 9.96. The molecule has 1 atom stereocenters. The van der Waals surface area contributed by atoms with Gasteiger partial charge in [-0.15, -0.1) is 0 Å². The lowest BCUT2D eigenvalue weighted by atomic mass is 9.98. The van der Waals surface area contributed by atoms with Crippen LogP contribution in [0.5, 0.6) is 0 Å². The Labute approximate surface area is 134 Å². The van der Waals surface area contributed by atoms with Crippen LogP contribution in [0, 0.1) is 13.8 Å². The summed E-state index contributed by atoms with van der Waals surface area (Å²) in [4.78, 5) is 0. The van der Waals surface area contributed by atoms with E-state index in [9.17, 15) is 0 Å². The minimum Gasteiger partial charge on any atom is -0.271 e. The van der Waals surface area contributed by atoms with Crippen LogP contribution < -0.4 is 11.3 Å². The molecule has 0 bridgehead atoms. The van der Waals surface area contributed by atoms with E-state index in [1.807, 2.05) is 11.7 Å². The van der Waals surface area contributed by atoms with Crippen molar-refractivity contribution in [3.8, 4) is 0 Å². The van der Waals surface area contributed by atoms with Crippen molar-refractivity contribution in [3.05, 3.63) is 50.8 Å². The fraction of sp³-hybridized carbons (Fsp3) is 0.438. The van der Waals surface area contributed by atoms with Gasteiger partial charge in [0.15, 0.2) is 0 Å². The molecule has 2 rings (SSSR count). The number of hydrogen-bond donors (Lipinski definition) is 2. The summed E-state index contributed by atoms with van der Waals surface area (Å²) < 4.78 is 3.03. The van der Waals surface area contributed by atoms with Crippen LogP contribution in [0.15, 0.2) is 22.7 Å². The van der Waals surface area contributed by atoms with Gasteiger partial charge in [0.2, 0.25) is 0 Å². The molecule has 4 nitrogen and oxygen atoms in total. The van der Waals surface area contributed by atoms with Gasteiger partial charge in [-0.2, -0.15) is 5.10 Å². The normalized spacial score (nSPS) is 12.7. The molecule has 0 radical (unpaired) electrons. The summed E-state index contributed by atoms with van der Waals surface area (Å²) in [5, 5.41) is 4.55. The van der Waals surface area contributed by atoms with Crippen molar-refractivity contribution in [3.63, 3.8) is 0 Å². The Morgan fingerprint density at radius 1 is 1.29 bits per heavy atom. The van der Waals surface area contributed by atoms with E-state index in [-0.39, 0.29) is 6.04 Å². The highest BCUT2D eigenvalue weighted by Crippen LogP contribution is 2.27. The molecule has 1 aromatic heterocycles. The van der Waals surface area contributed by atoms with E-state index < -0.39 is 0 Å². The number of nitrogens with zero attached hydrogens (tertiary/aromatic N) is 2. The van der Waals surface area contributed by atoms with E-state index in [1.165, 1.54) is 16.7 Å². The zero-order chi connectivity index (χ0) is 15.6. The summed E-state index contributed by atoms with van der Waals surface area (Å²) >= 11 is 3.67. The van der Waals surface area contributed by atoms with E-state index in [2.05, 4.69) is 65.4 Å². The number of hydrogen-bond acceptors (Lipinski definition) is 3. The van der Waals surface area contributed by atoms with Gasteiger partial charge < -0.3 is 0 Å². The zero-order valence-corrected chi connectivity index (χ0v) is 14.7. The van der Waals surface area contributed by atoms with Crippen LogP contribution in [0.3, 0.4) is 0 Å². The Hall–Kier alpha value is -1.17. The summed E-state index contributed by atoms with van der Waals surface area (Å²) in [6.07, 6.45) is 1.71. The Balaban J connectivity index is 2.33. The third kappa shape index (κ3) is 3.54. The van der Waals surface area contributed by atoms with E-state index >= 15 is 0 Å². The minimum atomic E-state index is 0.0695. The molecule has 1 heterocycles. The van der Waals surface area contributed by atoms with Crippen molar-refractivity contribution >= 4 is 15.9 Å². The SMILES string of the molecule is CCc1nn(C)c(CC(NN)c2cc(C)cc(C)c2)c1Br. The molecule has 114 valence electrons. The zero-order valence-electron chi connectivity index (χ0n) is 13.1. The third-order valence-electron chi connectivity index (χ3n) is 3.75. The predicted octanol–water partition coefficient (Wildman–Crippen LogP) is 3.11. The van der Waals surface area contributed by atoms with Gasteiger partial charge in [0.1, 0.15) is 0 Å². The van der Waals surface area contributed by atoms with Crippen LogP contribution in [0.1, 0.15) is 41.0 Å². The fourth-order valence-corrected chi connectivity index (χ4v) is 3.50. The molecular weight excluding hydrogens is 328 g/mol. The molecule has 0 fully saturated rings. The number of aromatic nitrogens is 2. The van der Waals surface area contributed by atoms with Gasteiger partial charge in [-0.3, -0.25) is 16.0 Å².